The zero-order chi connectivity index (χ0) is 16.7. The molecule has 0 aromatic heterocycles. The van der Waals surface area contributed by atoms with Gasteiger partial charge in [-0.3, -0.25) is 0 Å². The largest absolute Gasteiger partial charge is 0.497 e. The van der Waals surface area contributed by atoms with E-state index in [-0.39, 0.29) is 18.3 Å². The second-order valence-electron chi connectivity index (χ2n) is 7.61. The molecule has 1 atom stereocenters. The number of rotatable bonds is 3. The van der Waals surface area contributed by atoms with Gasteiger partial charge in [-0.15, -0.1) is 0 Å². The van der Waals surface area contributed by atoms with Crippen LogP contribution in [0.3, 0.4) is 0 Å². The van der Waals surface area contributed by atoms with E-state index in [1.165, 1.54) is 11.0 Å². The Kier molecular flexibility index (Phi) is 4.32. The monoisotopic (exact) mass is 314 g/mol. The fraction of sp³-hybridized carbons (Fsp3) is 0.579. The maximum absolute atomic E-state index is 6.17. The Morgan fingerprint density at radius 1 is 1.04 bits per heavy atom. The second kappa shape index (κ2) is 5.99. The Morgan fingerprint density at radius 3 is 2.13 bits per heavy atom. The van der Waals surface area contributed by atoms with E-state index >= 15 is 0 Å². The van der Waals surface area contributed by atoms with E-state index in [0.717, 1.165) is 25.0 Å². The Labute approximate surface area is 140 Å². The third kappa shape index (κ3) is 3.20. The maximum Gasteiger partial charge on any atom is 0.490 e. The number of hydrogen-bond donors (Lipinski definition) is 0. The van der Waals surface area contributed by atoms with Crippen LogP contribution < -0.4 is 4.74 Å². The van der Waals surface area contributed by atoms with Gasteiger partial charge in [0.05, 0.1) is 18.3 Å². The first-order chi connectivity index (χ1) is 10.8. The molecule has 1 aliphatic carbocycles. The van der Waals surface area contributed by atoms with Gasteiger partial charge in [-0.05, 0) is 76.0 Å². The predicted octanol–water partition coefficient (Wildman–Crippen LogP) is 4.52. The fourth-order valence-corrected chi connectivity index (χ4v) is 3.24. The molecule has 1 heterocycles. The standard InChI is InChI=1S/C19H27BO3/c1-18(2)19(3,4)23-20(22-18)16-10-6-14(7-11-16)15-8-12-17(21-5)13-9-15/h8-10,12-14H,6-7,11H2,1-5H3. The van der Waals surface area contributed by atoms with Crippen LogP contribution in [0.4, 0.5) is 0 Å². The molecular weight excluding hydrogens is 287 g/mol. The molecule has 2 aliphatic rings. The summed E-state index contributed by atoms with van der Waals surface area (Å²) in [6.07, 6.45) is 5.54. The van der Waals surface area contributed by atoms with Crippen LogP contribution in [-0.2, 0) is 9.31 Å². The van der Waals surface area contributed by atoms with E-state index in [1.54, 1.807) is 7.11 Å². The molecule has 0 bridgehead atoms. The molecule has 1 unspecified atom stereocenters. The number of methoxy groups -OCH3 is 1. The number of benzene rings is 1. The molecule has 0 amide bonds. The smallest absolute Gasteiger partial charge is 0.490 e. The highest BCUT2D eigenvalue weighted by molar-refractivity contribution is 6.54. The SMILES string of the molecule is COc1ccc(C2CC=C(B3OC(C)(C)C(C)(C)O3)CC2)cc1. The zero-order valence-corrected chi connectivity index (χ0v) is 14.9. The third-order valence-electron chi connectivity index (χ3n) is 5.59. The minimum atomic E-state index is -0.259. The highest BCUT2D eigenvalue weighted by atomic mass is 16.7. The fourth-order valence-electron chi connectivity index (χ4n) is 3.24. The first-order valence-electron chi connectivity index (χ1n) is 8.51. The lowest BCUT2D eigenvalue weighted by Crippen LogP contribution is -2.41. The van der Waals surface area contributed by atoms with Gasteiger partial charge >= 0.3 is 7.12 Å². The van der Waals surface area contributed by atoms with Crippen LogP contribution in [0, 0.1) is 0 Å². The van der Waals surface area contributed by atoms with Crippen LogP contribution in [0.1, 0.15) is 58.4 Å². The molecule has 0 saturated carbocycles. The highest BCUT2D eigenvalue weighted by Gasteiger charge is 2.52. The summed E-state index contributed by atoms with van der Waals surface area (Å²) in [4.78, 5) is 0. The lowest BCUT2D eigenvalue weighted by atomic mass is 9.69. The lowest BCUT2D eigenvalue weighted by molar-refractivity contribution is 0.00578. The summed E-state index contributed by atoms with van der Waals surface area (Å²) in [6.45, 7) is 8.43. The van der Waals surface area contributed by atoms with Gasteiger partial charge in [0.2, 0.25) is 0 Å². The molecule has 1 aromatic rings. The second-order valence-corrected chi connectivity index (χ2v) is 7.61. The number of hydrogen-bond acceptors (Lipinski definition) is 3. The van der Waals surface area contributed by atoms with Crippen molar-refractivity contribution in [1.82, 2.24) is 0 Å². The molecule has 0 spiro atoms. The van der Waals surface area contributed by atoms with Crippen molar-refractivity contribution in [3.8, 4) is 5.75 Å². The van der Waals surface area contributed by atoms with E-state index in [9.17, 15) is 0 Å². The first kappa shape index (κ1) is 16.6. The summed E-state index contributed by atoms with van der Waals surface area (Å²) in [5.41, 5.74) is 2.17. The summed E-state index contributed by atoms with van der Waals surface area (Å²) >= 11 is 0. The van der Waals surface area contributed by atoms with E-state index in [2.05, 4.69) is 45.9 Å². The molecular formula is C19H27BO3. The Hall–Kier alpha value is -1.26. The summed E-state index contributed by atoms with van der Waals surface area (Å²) in [7, 11) is 1.52. The van der Waals surface area contributed by atoms with Crippen molar-refractivity contribution in [2.45, 2.75) is 64.1 Å². The van der Waals surface area contributed by atoms with Crippen molar-refractivity contribution < 1.29 is 14.0 Å². The van der Waals surface area contributed by atoms with Gasteiger partial charge in [0.15, 0.2) is 0 Å². The topological polar surface area (TPSA) is 27.7 Å². The molecule has 3 rings (SSSR count). The normalized spacial score (nSPS) is 26.0. The van der Waals surface area contributed by atoms with Gasteiger partial charge in [-0.1, -0.05) is 18.2 Å². The molecule has 0 radical (unpaired) electrons. The number of allylic oxidation sites excluding steroid dienone is 2. The molecule has 1 aromatic carbocycles. The van der Waals surface area contributed by atoms with Gasteiger partial charge in [0, 0.05) is 0 Å². The van der Waals surface area contributed by atoms with Crippen LogP contribution >= 0.6 is 0 Å². The summed E-state index contributed by atoms with van der Waals surface area (Å²) in [5, 5.41) is 0. The van der Waals surface area contributed by atoms with E-state index in [0.29, 0.717) is 5.92 Å². The molecule has 3 nitrogen and oxygen atoms in total. The van der Waals surface area contributed by atoms with Gasteiger partial charge < -0.3 is 14.0 Å². The van der Waals surface area contributed by atoms with Gasteiger partial charge in [0.1, 0.15) is 5.75 Å². The van der Waals surface area contributed by atoms with Crippen LogP contribution in [0.2, 0.25) is 0 Å². The van der Waals surface area contributed by atoms with E-state index < -0.39 is 0 Å². The molecule has 4 heteroatoms. The van der Waals surface area contributed by atoms with Crippen molar-refractivity contribution in [2.75, 3.05) is 7.11 Å². The van der Waals surface area contributed by atoms with Crippen LogP contribution in [-0.4, -0.2) is 25.4 Å². The Morgan fingerprint density at radius 2 is 1.65 bits per heavy atom. The Bertz CT molecular complexity index is 573. The summed E-state index contributed by atoms with van der Waals surface area (Å²) in [6, 6.07) is 8.44. The maximum atomic E-state index is 6.17. The van der Waals surface area contributed by atoms with E-state index in [1.807, 2.05) is 12.1 Å². The lowest BCUT2D eigenvalue weighted by Gasteiger charge is -2.32. The third-order valence-corrected chi connectivity index (χ3v) is 5.59. The van der Waals surface area contributed by atoms with Crippen molar-refractivity contribution in [3.05, 3.63) is 41.4 Å². The van der Waals surface area contributed by atoms with Crippen LogP contribution in [0.25, 0.3) is 0 Å². The van der Waals surface area contributed by atoms with Gasteiger partial charge in [0.25, 0.3) is 0 Å². The number of ether oxygens (including phenoxy) is 1. The van der Waals surface area contributed by atoms with Crippen LogP contribution in [0.5, 0.6) is 5.75 Å². The van der Waals surface area contributed by atoms with Crippen molar-refractivity contribution >= 4 is 7.12 Å². The van der Waals surface area contributed by atoms with Gasteiger partial charge in [-0.2, -0.15) is 0 Å². The van der Waals surface area contributed by atoms with Crippen molar-refractivity contribution in [2.24, 2.45) is 0 Å². The predicted molar refractivity (Wildman–Crippen MR) is 93.8 cm³/mol. The summed E-state index contributed by atoms with van der Waals surface area (Å²) in [5.74, 6) is 1.49. The minimum absolute atomic E-state index is 0.184. The molecule has 1 fully saturated rings. The molecule has 1 saturated heterocycles. The summed E-state index contributed by atoms with van der Waals surface area (Å²) < 4.78 is 17.6. The molecule has 0 N–H and O–H groups in total. The minimum Gasteiger partial charge on any atom is -0.497 e. The quantitative estimate of drug-likeness (QED) is 0.768. The van der Waals surface area contributed by atoms with Crippen molar-refractivity contribution in [1.29, 1.82) is 0 Å². The average molecular weight is 314 g/mol. The molecule has 23 heavy (non-hydrogen) atoms. The van der Waals surface area contributed by atoms with Crippen molar-refractivity contribution in [3.63, 3.8) is 0 Å². The molecule has 124 valence electrons. The average Bonchev–Trinajstić information content (AvgIpc) is 2.76. The Balaban J connectivity index is 1.67. The van der Waals surface area contributed by atoms with E-state index in [4.69, 9.17) is 14.0 Å². The molecule has 1 aliphatic heterocycles. The first-order valence-corrected chi connectivity index (χ1v) is 8.51. The zero-order valence-electron chi connectivity index (χ0n) is 14.9. The van der Waals surface area contributed by atoms with Crippen LogP contribution in [0.15, 0.2) is 35.8 Å². The van der Waals surface area contributed by atoms with Gasteiger partial charge in [-0.25, -0.2) is 0 Å². The highest BCUT2D eigenvalue weighted by Crippen LogP contribution is 2.41.